The van der Waals surface area contributed by atoms with Crippen molar-refractivity contribution >= 4 is 26.6 Å². The van der Waals surface area contributed by atoms with E-state index in [0.29, 0.717) is 5.16 Å². The van der Waals surface area contributed by atoms with Crippen LogP contribution in [0.2, 0.25) is 24.3 Å². The Labute approximate surface area is 198 Å². The van der Waals surface area contributed by atoms with Crippen LogP contribution in [-0.4, -0.2) is 91.3 Å². The van der Waals surface area contributed by atoms with Crippen LogP contribution in [0.25, 0.3) is 0 Å². The lowest BCUT2D eigenvalue weighted by molar-refractivity contribution is 0.188. The van der Waals surface area contributed by atoms with Gasteiger partial charge in [0.25, 0.3) is 0 Å². The van der Waals surface area contributed by atoms with E-state index in [9.17, 15) is 0 Å². The summed E-state index contributed by atoms with van der Waals surface area (Å²) in [7, 11) is -0.654. The van der Waals surface area contributed by atoms with Crippen molar-refractivity contribution in [3.63, 3.8) is 0 Å². The standard InChI is InChI=1S/C22H54N2O4Si3/c1-9-24(10-2)19-15-13-14-17-22(31(8,25-5)26-6)29-21-23-18-16-20-30(7,27-11-3)28-12-4/h22-23H,9-21,29H2,1-8H3. The number of rotatable bonds is 22. The molecule has 0 aliphatic carbocycles. The highest BCUT2D eigenvalue weighted by molar-refractivity contribution is 6.77. The molecular formula is C22H54N2O4Si3. The van der Waals surface area contributed by atoms with Gasteiger partial charge in [0.2, 0.25) is 0 Å². The molecule has 0 aromatic carbocycles. The Hall–Kier alpha value is 0.411. The van der Waals surface area contributed by atoms with Gasteiger partial charge in [-0.15, -0.1) is 0 Å². The normalized spacial score (nSPS) is 14.2. The average Bonchev–Trinajstić information content (AvgIpc) is 2.76. The molecule has 188 valence electrons. The smallest absolute Gasteiger partial charge is 0.334 e. The van der Waals surface area contributed by atoms with Gasteiger partial charge in [-0.05, 0) is 83.3 Å². The van der Waals surface area contributed by atoms with Crippen LogP contribution in [-0.2, 0) is 17.7 Å². The molecule has 1 unspecified atom stereocenters. The Morgan fingerprint density at radius 1 is 0.871 bits per heavy atom. The van der Waals surface area contributed by atoms with E-state index in [1.807, 2.05) is 14.2 Å². The number of nitrogens with one attached hydrogen (secondary N) is 1. The summed E-state index contributed by atoms with van der Waals surface area (Å²) in [6, 6.07) is 1.06. The molecule has 0 radical (unpaired) electrons. The lowest BCUT2D eigenvalue weighted by Gasteiger charge is -2.32. The van der Waals surface area contributed by atoms with Crippen molar-refractivity contribution in [1.29, 1.82) is 0 Å². The quantitative estimate of drug-likeness (QED) is 0.182. The van der Waals surface area contributed by atoms with Crippen molar-refractivity contribution in [1.82, 2.24) is 10.2 Å². The van der Waals surface area contributed by atoms with Gasteiger partial charge in [-0.3, -0.25) is 0 Å². The van der Waals surface area contributed by atoms with E-state index < -0.39 is 17.1 Å². The van der Waals surface area contributed by atoms with Gasteiger partial charge in [0, 0.05) is 37.0 Å². The maximum Gasteiger partial charge on any atom is 0.334 e. The minimum absolute atomic E-state index is 0.302. The maximum absolute atomic E-state index is 5.95. The fraction of sp³-hybridized carbons (Fsp3) is 1.00. The van der Waals surface area contributed by atoms with Crippen molar-refractivity contribution in [2.75, 3.05) is 59.8 Å². The number of hydrogen-bond donors (Lipinski definition) is 1. The molecule has 0 rings (SSSR count). The first-order valence-corrected chi connectivity index (χ1v) is 19.4. The molecular weight excluding hydrogens is 441 g/mol. The van der Waals surface area contributed by atoms with Gasteiger partial charge in [-0.1, -0.05) is 33.1 Å². The van der Waals surface area contributed by atoms with Crippen molar-refractivity contribution in [3.05, 3.63) is 0 Å². The van der Waals surface area contributed by atoms with Crippen LogP contribution >= 0.6 is 0 Å². The van der Waals surface area contributed by atoms with Crippen molar-refractivity contribution in [2.45, 2.75) is 84.1 Å². The van der Waals surface area contributed by atoms with Crippen LogP contribution in [0.4, 0.5) is 0 Å². The van der Waals surface area contributed by atoms with Gasteiger partial charge in [0.05, 0.1) is 0 Å². The van der Waals surface area contributed by atoms with E-state index in [1.54, 1.807) is 0 Å². The predicted octanol–water partition coefficient (Wildman–Crippen LogP) is 3.83. The average molecular weight is 495 g/mol. The van der Waals surface area contributed by atoms with E-state index in [1.165, 1.54) is 32.2 Å². The zero-order chi connectivity index (χ0) is 23.6. The summed E-state index contributed by atoms with van der Waals surface area (Å²) in [5.74, 6) is 0. The zero-order valence-corrected chi connectivity index (χ0v) is 25.5. The monoisotopic (exact) mass is 494 g/mol. The molecule has 0 amide bonds. The fourth-order valence-electron chi connectivity index (χ4n) is 4.26. The van der Waals surface area contributed by atoms with Gasteiger partial charge >= 0.3 is 17.1 Å². The summed E-state index contributed by atoms with van der Waals surface area (Å²) in [6.45, 7) is 19.2. The molecule has 0 aliphatic heterocycles. The Bertz CT molecular complexity index is 408. The molecule has 0 heterocycles. The lowest BCUT2D eigenvalue weighted by Crippen LogP contribution is -2.46. The third kappa shape index (κ3) is 13.6. The highest BCUT2D eigenvalue weighted by atomic mass is 28.4. The van der Waals surface area contributed by atoms with Gasteiger partial charge in [0.15, 0.2) is 0 Å². The fourth-order valence-corrected chi connectivity index (χ4v) is 13.1. The van der Waals surface area contributed by atoms with Crippen LogP contribution in [0.1, 0.15) is 59.8 Å². The zero-order valence-electron chi connectivity index (χ0n) is 22.1. The van der Waals surface area contributed by atoms with Gasteiger partial charge < -0.3 is 27.9 Å². The van der Waals surface area contributed by atoms with E-state index >= 15 is 0 Å². The second-order valence-electron chi connectivity index (χ2n) is 8.64. The van der Waals surface area contributed by atoms with E-state index in [4.69, 9.17) is 17.7 Å². The second-order valence-corrected chi connectivity index (χ2v) is 18.5. The third-order valence-electron chi connectivity index (χ3n) is 6.53. The summed E-state index contributed by atoms with van der Waals surface area (Å²) >= 11 is 0. The van der Waals surface area contributed by atoms with Crippen LogP contribution in [0.5, 0.6) is 0 Å². The molecule has 0 fully saturated rings. The SMILES string of the molecule is CCO[Si](C)(CCCNC[SiH2]C(CCCCCN(CC)CC)[Si](C)(OC)OC)OCC. The van der Waals surface area contributed by atoms with Crippen LogP contribution in [0.15, 0.2) is 0 Å². The first-order chi connectivity index (χ1) is 14.8. The predicted molar refractivity (Wildman–Crippen MR) is 141 cm³/mol. The van der Waals surface area contributed by atoms with Crippen molar-refractivity contribution in [3.8, 4) is 0 Å². The molecule has 1 N–H and O–H groups in total. The van der Waals surface area contributed by atoms with E-state index in [-0.39, 0.29) is 9.52 Å². The summed E-state index contributed by atoms with van der Waals surface area (Å²) in [6.07, 6.45) is 7.44. The van der Waals surface area contributed by atoms with Gasteiger partial charge in [0.1, 0.15) is 0 Å². The van der Waals surface area contributed by atoms with E-state index in [0.717, 1.165) is 51.5 Å². The summed E-state index contributed by atoms with van der Waals surface area (Å²) in [5, 5.41) is 4.36. The first kappa shape index (κ1) is 31.4. The van der Waals surface area contributed by atoms with Gasteiger partial charge in [-0.2, -0.15) is 0 Å². The summed E-state index contributed by atoms with van der Waals surface area (Å²) in [4.78, 5) is 2.52. The molecule has 0 spiro atoms. The van der Waals surface area contributed by atoms with Crippen LogP contribution in [0.3, 0.4) is 0 Å². The van der Waals surface area contributed by atoms with E-state index in [2.05, 4.69) is 51.0 Å². The van der Waals surface area contributed by atoms with Crippen LogP contribution < -0.4 is 5.32 Å². The number of nitrogens with zero attached hydrogens (tertiary/aromatic N) is 1. The topological polar surface area (TPSA) is 52.2 Å². The maximum atomic E-state index is 5.95. The van der Waals surface area contributed by atoms with Crippen LogP contribution in [0, 0.1) is 0 Å². The molecule has 0 saturated heterocycles. The molecule has 0 bridgehead atoms. The number of hydrogen-bond acceptors (Lipinski definition) is 6. The molecule has 0 saturated carbocycles. The largest absolute Gasteiger partial charge is 0.398 e. The molecule has 0 aromatic rings. The minimum Gasteiger partial charge on any atom is -0.398 e. The highest BCUT2D eigenvalue weighted by Crippen LogP contribution is 2.28. The third-order valence-corrected chi connectivity index (χ3v) is 17.8. The molecule has 31 heavy (non-hydrogen) atoms. The molecule has 9 heteroatoms. The van der Waals surface area contributed by atoms with Gasteiger partial charge in [-0.25, -0.2) is 0 Å². The first-order valence-electron chi connectivity index (χ1n) is 12.7. The Morgan fingerprint density at radius 2 is 1.48 bits per heavy atom. The van der Waals surface area contributed by atoms with Crippen molar-refractivity contribution in [2.24, 2.45) is 0 Å². The molecule has 0 aromatic heterocycles. The molecule has 6 nitrogen and oxygen atoms in total. The summed E-state index contributed by atoms with van der Waals surface area (Å²) in [5.41, 5.74) is 0. The highest BCUT2D eigenvalue weighted by Gasteiger charge is 2.38. The van der Waals surface area contributed by atoms with Crippen molar-refractivity contribution < 1.29 is 17.7 Å². The Morgan fingerprint density at radius 3 is 2.00 bits per heavy atom. The molecule has 0 aliphatic rings. The Balaban J connectivity index is 4.35. The minimum atomic E-state index is -2.06. The Kier molecular flexibility index (Phi) is 19.0. The second kappa shape index (κ2) is 18.8. The number of unbranched alkanes of at least 4 members (excludes halogenated alkanes) is 2. The molecule has 1 atom stereocenters. The summed E-state index contributed by atoms with van der Waals surface area (Å²) < 4.78 is 23.8. The lowest BCUT2D eigenvalue weighted by atomic mass is 10.2.